The Balaban J connectivity index is 2.08. The Morgan fingerprint density at radius 1 is 1.15 bits per heavy atom. The smallest absolute Gasteiger partial charge is 0.340 e. The third kappa shape index (κ3) is 3.54. The first-order chi connectivity index (χ1) is 9.45. The van der Waals surface area contributed by atoms with Gasteiger partial charge in [0.1, 0.15) is 18.2 Å². The molecule has 3 nitrogen and oxygen atoms in total. The minimum Gasteiger partial charge on any atom is -0.457 e. The van der Waals surface area contributed by atoms with Crippen LogP contribution in [-0.4, -0.2) is 5.97 Å². The molecule has 0 aromatic heterocycles. The van der Waals surface area contributed by atoms with Crippen molar-refractivity contribution < 1.29 is 18.3 Å². The molecule has 0 saturated carbocycles. The monoisotopic (exact) mass is 341 g/mol. The summed E-state index contributed by atoms with van der Waals surface area (Å²) in [6.45, 7) is -0.105. The second-order valence-corrected chi connectivity index (χ2v) is 5.00. The quantitative estimate of drug-likeness (QED) is 0.684. The Bertz CT molecular complexity index is 641. The van der Waals surface area contributed by atoms with E-state index in [2.05, 4.69) is 15.9 Å². The van der Waals surface area contributed by atoms with Gasteiger partial charge in [-0.2, -0.15) is 0 Å². The van der Waals surface area contributed by atoms with E-state index < -0.39 is 17.6 Å². The van der Waals surface area contributed by atoms with Crippen LogP contribution in [0.25, 0.3) is 0 Å². The van der Waals surface area contributed by atoms with Gasteiger partial charge in [-0.3, -0.25) is 0 Å². The first-order valence-electron chi connectivity index (χ1n) is 5.63. The van der Waals surface area contributed by atoms with Crippen LogP contribution in [0.4, 0.5) is 14.5 Å². The number of anilines is 1. The fraction of sp³-hybridized carbons (Fsp3) is 0.0714. The van der Waals surface area contributed by atoms with Crippen molar-refractivity contribution in [1.29, 1.82) is 0 Å². The lowest BCUT2D eigenvalue weighted by Crippen LogP contribution is -2.08. The lowest BCUT2D eigenvalue weighted by atomic mass is 10.2. The van der Waals surface area contributed by atoms with E-state index in [0.717, 1.165) is 12.1 Å². The molecule has 0 bridgehead atoms. The van der Waals surface area contributed by atoms with Crippen molar-refractivity contribution >= 4 is 27.6 Å². The maximum Gasteiger partial charge on any atom is 0.340 e. The number of rotatable bonds is 3. The van der Waals surface area contributed by atoms with Crippen LogP contribution in [0.15, 0.2) is 40.9 Å². The number of benzene rings is 2. The summed E-state index contributed by atoms with van der Waals surface area (Å²) in [5.74, 6) is -1.66. The van der Waals surface area contributed by atoms with Gasteiger partial charge >= 0.3 is 5.97 Å². The third-order valence-corrected chi connectivity index (χ3v) is 2.98. The minimum absolute atomic E-state index is 0.00424. The van der Waals surface area contributed by atoms with Gasteiger partial charge in [0, 0.05) is 10.2 Å². The van der Waals surface area contributed by atoms with E-state index in [1.807, 2.05) is 0 Å². The number of carbonyl (C=O) groups excluding carboxylic acids is 1. The number of carbonyl (C=O) groups is 1. The van der Waals surface area contributed by atoms with Crippen LogP contribution in [0.5, 0.6) is 0 Å². The molecule has 0 aliphatic rings. The van der Waals surface area contributed by atoms with Crippen LogP contribution in [0.2, 0.25) is 0 Å². The SMILES string of the molecule is Nc1cc(F)ccc1C(=O)OCc1cc(F)cc(Br)c1. The Labute approximate surface area is 122 Å². The van der Waals surface area contributed by atoms with Gasteiger partial charge in [-0.25, -0.2) is 13.6 Å². The second kappa shape index (κ2) is 6.00. The zero-order chi connectivity index (χ0) is 14.7. The minimum atomic E-state index is -0.692. The summed E-state index contributed by atoms with van der Waals surface area (Å²) in [7, 11) is 0. The van der Waals surface area contributed by atoms with Crippen molar-refractivity contribution in [3.63, 3.8) is 0 Å². The summed E-state index contributed by atoms with van der Waals surface area (Å²) in [5, 5.41) is 0. The zero-order valence-electron chi connectivity index (χ0n) is 10.2. The Morgan fingerprint density at radius 3 is 2.55 bits per heavy atom. The van der Waals surface area contributed by atoms with Crippen molar-refractivity contribution in [2.24, 2.45) is 0 Å². The van der Waals surface area contributed by atoms with Gasteiger partial charge in [0.05, 0.1) is 5.56 Å². The molecule has 0 heterocycles. The highest BCUT2D eigenvalue weighted by molar-refractivity contribution is 9.10. The van der Waals surface area contributed by atoms with Crippen molar-refractivity contribution in [2.75, 3.05) is 5.73 Å². The number of ether oxygens (including phenoxy) is 1. The molecule has 0 unspecified atom stereocenters. The van der Waals surface area contributed by atoms with E-state index in [0.29, 0.717) is 10.0 Å². The van der Waals surface area contributed by atoms with Crippen molar-refractivity contribution in [3.05, 3.63) is 63.6 Å². The number of nitrogen functional groups attached to an aromatic ring is 1. The van der Waals surface area contributed by atoms with Crippen LogP contribution in [0, 0.1) is 11.6 Å². The van der Waals surface area contributed by atoms with Crippen molar-refractivity contribution in [1.82, 2.24) is 0 Å². The lowest BCUT2D eigenvalue weighted by Gasteiger charge is -2.07. The fourth-order valence-corrected chi connectivity index (χ4v) is 2.15. The van der Waals surface area contributed by atoms with Crippen LogP contribution in [-0.2, 0) is 11.3 Å². The van der Waals surface area contributed by atoms with E-state index in [1.165, 1.54) is 18.2 Å². The van der Waals surface area contributed by atoms with Crippen LogP contribution in [0.1, 0.15) is 15.9 Å². The van der Waals surface area contributed by atoms with E-state index in [9.17, 15) is 13.6 Å². The highest BCUT2D eigenvalue weighted by Crippen LogP contribution is 2.18. The highest BCUT2D eigenvalue weighted by Gasteiger charge is 2.12. The molecule has 0 aliphatic heterocycles. The number of esters is 1. The molecule has 20 heavy (non-hydrogen) atoms. The molecule has 0 atom stereocenters. The predicted molar refractivity (Wildman–Crippen MR) is 74.0 cm³/mol. The molecule has 2 aromatic rings. The van der Waals surface area contributed by atoms with Crippen LogP contribution in [0.3, 0.4) is 0 Å². The lowest BCUT2D eigenvalue weighted by molar-refractivity contribution is 0.0473. The molecule has 0 fully saturated rings. The van der Waals surface area contributed by atoms with Gasteiger partial charge < -0.3 is 10.5 Å². The molecular formula is C14H10BrF2NO2. The van der Waals surface area contributed by atoms with Crippen LogP contribution < -0.4 is 5.73 Å². The van der Waals surface area contributed by atoms with Crippen molar-refractivity contribution in [3.8, 4) is 0 Å². The largest absolute Gasteiger partial charge is 0.457 e. The van der Waals surface area contributed by atoms with Crippen molar-refractivity contribution in [2.45, 2.75) is 6.61 Å². The average molecular weight is 342 g/mol. The van der Waals surface area contributed by atoms with E-state index in [1.54, 1.807) is 6.07 Å². The van der Waals surface area contributed by atoms with Gasteiger partial charge in [-0.1, -0.05) is 15.9 Å². The molecule has 0 saturated heterocycles. The van der Waals surface area contributed by atoms with E-state index >= 15 is 0 Å². The number of hydrogen-bond donors (Lipinski definition) is 1. The summed E-state index contributed by atoms with van der Waals surface area (Å²) in [6.07, 6.45) is 0. The molecular weight excluding hydrogens is 332 g/mol. The summed E-state index contributed by atoms with van der Waals surface area (Å²) in [4.78, 5) is 11.8. The molecule has 2 aromatic carbocycles. The van der Waals surface area contributed by atoms with Gasteiger partial charge in [0.2, 0.25) is 0 Å². The molecule has 2 N–H and O–H groups in total. The molecule has 0 spiro atoms. The number of halogens is 3. The Kier molecular flexibility index (Phi) is 4.34. The molecule has 0 aliphatic carbocycles. The second-order valence-electron chi connectivity index (χ2n) is 4.09. The Hall–Kier alpha value is -1.95. The molecule has 104 valence electrons. The van der Waals surface area contributed by atoms with E-state index in [-0.39, 0.29) is 17.9 Å². The fourth-order valence-electron chi connectivity index (χ4n) is 1.64. The molecule has 6 heteroatoms. The summed E-state index contributed by atoms with van der Waals surface area (Å²) in [5.41, 5.74) is 6.09. The first kappa shape index (κ1) is 14.5. The van der Waals surface area contributed by atoms with Crippen LogP contribution >= 0.6 is 15.9 Å². The highest BCUT2D eigenvalue weighted by atomic mass is 79.9. The molecule has 2 rings (SSSR count). The molecule has 0 radical (unpaired) electrons. The standard InChI is InChI=1S/C14H10BrF2NO2/c15-9-3-8(4-11(17)5-9)7-20-14(19)12-2-1-10(16)6-13(12)18/h1-6H,7,18H2. The number of nitrogens with two attached hydrogens (primary N) is 1. The summed E-state index contributed by atoms with van der Waals surface area (Å²) >= 11 is 3.14. The maximum absolute atomic E-state index is 13.2. The Morgan fingerprint density at radius 2 is 1.90 bits per heavy atom. The normalized spacial score (nSPS) is 10.3. The first-order valence-corrected chi connectivity index (χ1v) is 6.42. The number of hydrogen-bond acceptors (Lipinski definition) is 3. The summed E-state index contributed by atoms with van der Waals surface area (Å²) < 4.78 is 31.6. The van der Waals surface area contributed by atoms with Gasteiger partial charge in [-0.15, -0.1) is 0 Å². The van der Waals surface area contributed by atoms with Gasteiger partial charge in [-0.05, 0) is 42.0 Å². The van der Waals surface area contributed by atoms with E-state index in [4.69, 9.17) is 10.5 Å². The third-order valence-electron chi connectivity index (χ3n) is 2.53. The van der Waals surface area contributed by atoms with Gasteiger partial charge in [0.25, 0.3) is 0 Å². The zero-order valence-corrected chi connectivity index (χ0v) is 11.8. The predicted octanol–water partition coefficient (Wildman–Crippen LogP) is 3.67. The summed E-state index contributed by atoms with van der Waals surface area (Å²) in [6, 6.07) is 7.58. The topological polar surface area (TPSA) is 52.3 Å². The maximum atomic E-state index is 13.2. The molecule has 0 amide bonds. The van der Waals surface area contributed by atoms with Gasteiger partial charge in [0.15, 0.2) is 0 Å². The average Bonchev–Trinajstić information content (AvgIpc) is 2.35.